The zero-order valence-electron chi connectivity index (χ0n) is 25.3. The molecule has 0 radical (unpaired) electrons. The minimum absolute atomic E-state index is 0.0288. The van der Waals surface area contributed by atoms with Gasteiger partial charge in [-0.2, -0.15) is 4.98 Å². The lowest BCUT2D eigenvalue weighted by Crippen LogP contribution is -2.39. The second-order valence-electron chi connectivity index (χ2n) is 12.1. The molecule has 1 amide bonds. The van der Waals surface area contributed by atoms with Crippen LogP contribution in [0.15, 0.2) is 53.5 Å². The van der Waals surface area contributed by atoms with Gasteiger partial charge in [0.1, 0.15) is 5.39 Å². The maximum atomic E-state index is 15.6. The minimum atomic E-state index is -0.615. The van der Waals surface area contributed by atoms with Gasteiger partial charge in [0, 0.05) is 43.0 Å². The van der Waals surface area contributed by atoms with Crippen molar-refractivity contribution in [3.8, 4) is 11.4 Å². The molecule has 1 N–H and O–H groups in total. The highest BCUT2D eigenvalue weighted by Gasteiger charge is 2.48. The Hall–Kier alpha value is -4.51. The molecule has 1 spiro atoms. The fourth-order valence-corrected chi connectivity index (χ4v) is 6.68. The molecule has 0 atom stereocenters. The van der Waals surface area contributed by atoms with E-state index in [0.29, 0.717) is 41.3 Å². The van der Waals surface area contributed by atoms with Crippen LogP contribution in [-0.2, 0) is 23.3 Å². The normalized spacial score (nSPS) is 17.3. The largest absolute Gasteiger partial charge is 0.478 e. The van der Waals surface area contributed by atoms with Crippen molar-refractivity contribution in [3.63, 3.8) is 0 Å². The molecule has 2 aliphatic heterocycles. The fraction of sp³-hybridized carbons (Fsp3) is 0.394. The van der Waals surface area contributed by atoms with Crippen LogP contribution >= 0.6 is 0 Å². The first-order valence-corrected chi connectivity index (χ1v) is 15.3. The topological polar surface area (TPSA) is 97.5 Å². The molecule has 4 heterocycles. The molecule has 1 saturated carbocycles. The van der Waals surface area contributed by atoms with Gasteiger partial charge in [0.05, 0.1) is 17.9 Å². The molecule has 0 saturated heterocycles. The molecule has 0 unspecified atom stereocenters. The molecule has 1 fully saturated rings. The molecule has 4 aromatic rings. The van der Waals surface area contributed by atoms with E-state index in [4.69, 9.17) is 9.72 Å². The summed E-state index contributed by atoms with van der Waals surface area (Å²) in [6, 6.07) is 9.44. The first-order chi connectivity index (χ1) is 21.3. The molecule has 2 aromatic heterocycles. The van der Waals surface area contributed by atoms with Gasteiger partial charge in [0.2, 0.25) is 5.95 Å². The van der Waals surface area contributed by atoms with E-state index in [9.17, 15) is 9.59 Å². The Bertz CT molecular complexity index is 1870. The van der Waals surface area contributed by atoms with Gasteiger partial charge < -0.3 is 19.9 Å². The number of carbonyl (C=O) groups is 1. The number of anilines is 3. The standard InChI is InChI=1S/C33H36FN7O3/c1-4-6-7-13-40-31(43)24-17-35-32(36-22-8-9-25-21(14-22)18-38(3)20-33(25)10-11-33)37-30(24)41(40)23-15-26(34)29-27(16-23)39(12-5-2)28(42)19-44-29/h6-9,14-17H,4-5,10-13,18-20H2,1-3H3,(H,35,36,37)/b7-6-. The van der Waals surface area contributed by atoms with Crippen molar-refractivity contribution in [1.29, 1.82) is 0 Å². The number of nitrogens with zero attached hydrogens (tertiary/aromatic N) is 6. The van der Waals surface area contributed by atoms with E-state index in [1.807, 2.05) is 26.0 Å². The summed E-state index contributed by atoms with van der Waals surface area (Å²) < 4.78 is 24.2. The van der Waals surface area contributed by atoms with Crippen LogP contribution in [-0.4, -0.2) is 56.9 Å². The van der Waals surface area contributed by atoms with Crippen LogP contribution in [0.2, 0.25) is 0 Å². The number of carbonyl (C=O) groups excluding carboxylic acids is 1. The number of allylic oxidation sites excluding steroid dienone is 2. The molecule has 44 heavy (non-hydrogen) atoms. The highest BCUT2D eigenvalue weighted by molar-refractivity contribution is 5.98. The van der Waals surface area contributed by atoms with Crippen molar-refractivity contribution < 1.29 is 13.9 Å². The van der Waals surface area contributed by atoms with Gasteiger partial charge in [0.15, 0.2) is 23.8 Å². The van der Waals surface area contributed by atoms with Gasteiger partial charge in [-0.15, -0.1) is 0 Å². The molecule has 228 valence electrons. The Balaban J connectivity index is 1.33. The number of halogens is 1. The highest BCUT2D eigenvalue weighted by atomic mass is 19.1. The van der Waals surface area contributed by atoms with Crippen LogP contribution in [0.1, 0.15) is 50.7 Å². The van der Waals surface area contributed by atoms with Crippen LogP contribution < -0.4 is 20.5 Å². The van der Waals surface area contributed by atoms with Crippen molar-refractivity contribution >= 4 is 34.3 Å². The number of nitrogens with one attached hydrogen (secondary N) is 1. The molecule has 3 aliphatic rings. The first-order valence-electron chi connectivity index (χ1n) is 15.3. The van der Waals surface area contributed by atoms with Gasteiger partial charge in [-0.05, 0) is 62.1 Å². The Morgan fingerprint density at radius 3 is 2.75 bits per heavy atom. The third-order valence-electron chi connectivity index (χ3n) is 8.79. The average Bonchev–Trinajstić information content (AvgIpc) is 3.70. The predicted octanol–water partition coefficient (Wildman–Crippen LogP) is 5.04. The predicted molar refractivity (Wildman–Crippen MR) is 168 cm³/mol. The van der Waals surface area contributed by atoms with Crippen LogP contribution in [0.4, 0.5) is 21.7 Å². The first kappa shape index (κ1) is 28.3. The van der Waals surface area contributed by atoms with Crippen molar-refractivity contribution in [3.05, 3.63) is 76.0 Å². The second kappa shape index (κ2) is 10.9. The van der Waals surface area contributed by atoms with Crippen LogP contribution in [0.3, 0.4) is 0 Å². The highest BCUT2D eigenvalue weighted by Crippen LogP contribution is 2.52. The zero-order valence-corrected chi connectivity index (χ0v) is 25.3. The van der Waals surface area contributed by atoms with Crippen LogP contribution in [0.5, 0.6) is 5.75 Å². The van der Waals surface area contributed by atoms with Crippen LogP contribution in [0, 0.1) is 5.82 Å². The summed E-state index contributed by atoms with van der Waals surface area (Å²) in [4.78, 5) is 39.5. The summed E-state index contributed by atoms with van der Waals surface area (Å²) in [7, 11) is 2.16. The monoisotopic (exact) mass is 597 g/mol. The number of ether oxygens (including phenoxy) is 1. The molecular formula is C33H36FN7O3. The summed E-state index contributed by atoms with van der Waals surface area (Å²) >= 11 is 0. The quantitative estimate of drug-likeness (QED) is 0.284. The van der Waals surface area contributed by atoms with Crippen molar-refractivity contribution in [2.75, 3.05) is 37.0 Å². The minimum Gasteiger partial charge on any atom is -0.478 e. The zero-order chi connectivity index (χ0) is 30.6. The third kappa shape index (κ3) is 4.75. The Morgan fingerprint density at radius 2 is 1.98 bits per heavy atom. The maximum Gasteiger partial charge on any atom is 0.278 e. The number of hydrogen-bond donors (Lipinski definition) is 1. The van der Waals surface area contributed by atoms with Gasteiger partial charge in [-0.3, -0.25) is 9.59 Å². The number of aromatic nitrogens is 4. The molecule has 2 aromatic carbocycles. The summed E-state index contributed by atoms with van der Waals surface area (Å²) in [5.41, 5.74) is 4.60. The number of fused-ring (bicyclic) bond motifs is 4. The molecular weight excluding hydrogens is 561 g/mol. The molecule has 7 rings (SSSR count). The lowest BCUT2D eigenvalue weighted by molar-refractivity contribution is -0.121. The molecule has 10 nitrogen and oxygen atoms in total. The fourth-order valence-electron chi connectivity index (χ4n) is 6.68. The van der Waals surface area contributed by atoms with E-state index in [-0.39, 0.29) is 35.8 Å². The lowest BCUT2D eigenvalue weighted by Gasteiger charge is -2.32. The summed E-state index contributed by atoms with van der Waals surface area (Å²) in [5, 5.41) is 3.64. The van der Waals surface area contributed by atoms with E-state index < -0.39 is 5.82 Å². The number of likely N-dealkylation sites (N-methyl/N-ethyl adjacent to an activating group) is 1. The molecule has 0 bridgehead atoms. The second-order valence-corrected chi connectivity index (χ2v) is 12.1. The molecule has 1 aliphatic carbocycles. The number of rotatable bonds is 8. The van der Waals surface area contributed by atoms with E-state index >= 15 is 4.39 Å². The van der Waals surface area contributed by atoms with Gasteiger partial charge in [-0.25, -0.2) is 18.7 Å². The number of benzene rings is 2. The van der Waals surface area contributed by atoms with Crippen LogP contribution in [0.25, 0.3) is 16.7 Å². The SMILES string of the molecule is CC/C=C\Cn1c(=O)c2cnc(Nc3ccc4c(c3)CN(C)CC43CC3)nc2n1-c1cc(F)c2c(c1)N(CCC)C(=O)CO2. The summed E-state index contributed by atoms with van der Waals surface area (Å²) in [6.45, 7) is 6.39. The van der Waals surface area contributed by atoms with E-state index in [2.05, 4.69) is 40.4 Å². The Kier molecular flexibility index (Phi) is 7.00. The lowest BCUT2D eigenvalue weighted by atomic mass is 9.87. The Labute approximate surface area is 254 Å². The van der Waals surface area contributed by atoms with Gasteiger partial charge in [-0.1, -0.05) is 32.1 Å². The number of hydrogen-bond acceptors (Lipinski definition) is 7. The maximum absolute atomic E-state index is 15.6. The Morgan fingerprint density at radius 1 is 1.14 bits per heavy atom. The summed E-state index contributed by atoms with van der Waals surface area (Å²) in [5.74, 6) is -0.506. The van der Waals surface area contributed by atoms with E-state index in [1.165, 1.54) is 45.8 Å². The third-order valence-corrected chi connectivity index (χ3v) is 8.79. The smallest absolute Gasteiger partial charge is 0.278 e. The summed E-state index contributed by atoms with van der Waals surface area (Å²) in [6.07, 6.45) is 9.31. The molecule has 11 heteroatoms. The van der Waals surface area contributed by atoms with Crippen molar-refractivity contribution in [1.82, 2.24) is 24.2 Å². The van der Waals surface area contributed by atoms with Crippen molar-refractivity contribution in [2.24, 2.45) is 0 Å². The van der Waals surface area contributed by atoms with Crippen molar-refractivity contribution in [2.45, 2.75) is 58.0 Å². The van der Waals surface area contributed by atoms with Gasteiger partial charge >= 0.3 is 0 Å². The van der Waals surface area contributed by atoms with E-state index in [1.54, 1.807) is 10.7 Å². The van der Waals surface area contributed by atoms with E-state index in [0.717, 1.165) is 25.2 Å². The average molecular weight is 598 g/mol. The number of amides is 1. The van der Waals surface area contributed by atoms with Gasteiger partial charge in [0.25, 0.3) is 11.5 Å².